The van der Waals surface area contributed by atoms with Crippen LogP contribution in [-0.2, 0) is 9.47 Å². The Balaban J connectivity index is 2.17. The molecule has 1 aliphatic heterocycles. The van der Waals surface area contributed by atoms with Crippen molar-refractivity contribution < 1.29 is 24.5 Å². The van der Waals surface area contributed by atoms with Gasteiger partial charge in [-0.1, -0.05) is 24.8 Å². The normalized spacial score (nSPS) is 31.0. The van der Waals surface area contributed by atoms with Crippen LogP contribution in [0.25, 0.3) is 0 Å². The molecule has 3 atom stereocenters. The molecule has 1 heterocycles. The summed E-state index contributed by atoms with van der Waals surface area (Å²) in [7, 11) is 0. The number of esters is 1. The van der Waals surface area contributed by atoms with Crippen LogP contribution in [0.4, 0.5) is 0 Å². The van der Waals surface area contributed by atoms with Gasteiger partial charge in [-0.25, -0.2) is 4.79 Å². The number of hydrogen-bond donors (Lipinski definition) is 2. The summed E-state index contributed by atoms with van der Waals surface area (Å²) in [5, 5.41) is 19.1. The third kappa shape index (κ3) is 2.15. The van der Waals surface area contributed by atoms with Gasteiger partial charge < -0.3 is 19.7 Å². The third-order valence-electron chi connectivity index (χ3n) is 2.89. The second-order valence-electron chi connectivity index (χ2n) is 4.06. The minimum absolute atomic E-state index is 0.128. The zero-order valence-electron chi connectivity index (χ0n) is 9.65. The molecule has 0 amide bonds. The predicted octanol–water partition coefficient (Wildman–Crippen LogP) is 0.478. The van der Waals surface area contributed by atoms with Crippen LogP contribution in [0.2, 0.25) is 0 Å². The van der Waals surface area contributed by atoms with Crippen LogP contribution in [0, 0.1) is 0 Å². The summed E-state index contributed by atoms with van der Waals surface area (Å²) in [5.41, 5.74) is -1.06. The molecular weight excluding hydrogens is 236 g/mol. The molecule has 2 N–H and O–H groups in total. The van der Waals surface area contributed by atoms with Crippen LogP contribution in [0.1, 0.15) is 10.4 Å². The zero-order valence-corrected chi connectivity index (χ0v) is 9.65. The van der Waals surface area contributed by atoms with E-state index in [1.54, 1.807) is 30.3 Å². The molecule has 0 radical (unpaired) electrons. The number of carbonyl (C=O) groups excluding carboxylic acids is 1. The minimum atomic E-state index is -1.41. The highest BCUT2D eigenvalue weighted by molar-refractivity contribution is 5.89. The molecule has 5 heteroatoms. The highest BCUT2D eigenvalue weighted by atomic mass is 16.7. The van der Waals surface area contributed by atoms with Gasteiger partial charge in [0, 0.05) is 0 Å². The summed E-state index contributed by atoms with van der Waals surface area (Å²) in [6.07, 6.45) is -1.46. The number of rotatable bonds is 3. The van der Waals surface area contributed by atoms with E-state index in [9.17, 15) is 15.0 Å². The molecule has 2 rings (SSSR count). The van der Waals surface area contributed by atoms with Gasteiger partial charge in [0.1, 0.15) is 0 Å². The Morgan fingerprint density at radius 2 is 2.11 bits per heavy atom. The lowest BCUT2D eigenvalue weighted by molar-refractivity contribution is -0.117. The SMILES string of the molecule is C=C[C@@]1(OC(=O)c2ccccc2)COC(O)[C@@H]1O. The number of aliphatic hydroxyl groups is 2. The molecule has 1 unspecified atom stereocenters. The van der Waals surface area contributed by atoms with Crippen LogP contribution >= 0.6 is 0 Å². The van der Waals surface area contributed by atoms with Gasteiger partial charge in [-0.3, -0.25) is 0 Å². The average molecular weight is 250 g/mol. The summed E-state index contributed by atoms with van der Waals surface area (Å²) in [6, 6.07) is 8.37. The van der Waals surface area contributed by atoms with Crippen LogP contribution in [0.15, 0.2) is 43.0 Å². The lowest BCUT2D eigenvalue weighted by Gasteiger charge is -2.27. The molecule has 0 saturated carbocycles. The summed E-state index contributed by atoms with van der Waals surface area (Å²) in [6.45, 7) is 3.39. The van der Waals surface area contributed by atoms with Crippen molar-refractivity contribution in [1.29, 1.82) is 0 Å². The van der Waals surface area contributed by atoms with Crippen molar-refractivity contribution in [2.45, 2.75) is 18.0 Å². The maximum absolute atomic E-state index is 11.9. The van der Waals surface area contributed by atoms with Gasteiger partial charge in [-0.15, -0.1) is 0 Å². The van der Waals surface area contributed by atoms with E-state index in [1.807, 2.05) is 0 Å². The standard InChI is InChI=1S/C13H14O5/c1-2-13(8-17-12(16)10(13)14)18-11(15)9-6-4-3-5-7-9/h2-7,10,12,14,16H,1,8H2/t10-,12?,13+/m0/s1. The van der Waals surface area contributed by atoms with Gasteiger partial charge in [-0.2, -0.15) is 0 Å². The smallest absolute Gasteiger partial charge is 0.339 e. The van der Waals surface area contributed by atoms with Gasteiger partial charge in [0.05, 0.1) is 12.2 Å². The fourth-order valence-corrected chi connectivity index (χ4v) is 1.75. The lowest BCUT2D eigenvalue weighted by Crippen LogP contribution is -2.46. The van der Waals surface area contributed by atoms with Crippen molar-refractivity contribution >= 4 is 5.97 Å². The Labute approximate surface area is 104 Å². The molecule has 1 saturated heterocycles. The second-order valence-corrected chi connectivity index (χ2v) is 4.06. The lowest BCUT2D eigenvalue weighted by atomic mass is 9.99. The molecule has 1 aromatic carbocycles. The predicted molar refractivity (Wildman–Crippen MR) is 62.8 cm³/mol. The topological polar surface area (TPSA) is 76.0 Å². The minimum Gasteiger partial charge on any atom is -0.446 e. The number of benzene rings is 1. The van der Waals surface area contributed by atoms with Crippen LogP contribution in [-0.4, -0.2) is 40.8 Å². The molecule has 0 aliphatic carbocycles. The first-order chi connectivity index (χ1) is 8.59. The Hall–Kier alpha value is -1.69. The number of ether oxygens (including phenoxy) is 2. The number of carbonyl (C=O) groups is 1. The maximum atomic E-state index is 11.9. The van der Waals surface area contributed by atoms with Crippen LogP contribution in [0.3, 0.4) is 0 Å². The molecule has 1 fully saturated rings. The number of hydrogen-bond acceptors (Lipinski definition) is 5. The first kappa shape index (κ1) is 12.8. The van der Waals surface area contributed by atoms with E-state index < -0.39 is 24.0 Å². The number of aliphatic hydroxyl groups excluding tert-OH is 2. The van der Waals surface area contributed by atoms with E-state index in [2.05, 4.69) is 6.58 Å². The third-order valence-corrected chi connectivity index (χ3v) is 2.89. The molecule has 96 valence electrons. The fourth-order valence-electron chi connectivity index (χ4n) is 1.75. The van der Waals surface area contributed by atoms with Gasteiger partial charge in [-0.05, 0) is 18.2 Å². The Bertz CT molecular complexity index is 444. The van der Waals surface area contributed by atoms with Crippen molar-refractivity contribution in [3.8, 4) is 0 Å². The average Bonchev–Trinajstić information content (AvgIpc) is 2.69. The fraction of sp³-hybridized carbons (Fsp3) is 0.308. The van der Waals surface area contributed by atoms with E-state index in [4.69, 9.17) is 9.47 Å². The van der Waals surface area contributed by atoms with Crippen LogP contribution in [0.5, 0.6) is 0 Å². The van der Waals surface area contributed by atoms with E-state index in [0.29, 0.717) is 5.56 Å². The van der Waals surface area contributed by atoms with Gasteiger partial charge in [0.25, 0.3) is 0 Å². The first-order valence-electron chi connectivity index (χ1n) is 5.49. The van der Waals surface area contributed by atoms with Gasteiger partial charge in [0.2, 0.25) is 0 Å². The monoisotopic (exact) mass is 250 g/mol. The van der Waals surface area contributed by atoms with Crippen LogP contribution < -0.4 is 0 Å². The molecule has 1 aliphatic rings. The summed E-state index contributed by atoms with van der Waals surface area (Å²) >= 11 is 0. The summed E-state index contributed by atoms with van der Waals surface area (Å²) in [5.74, 6) is -0.604. The zero-order chi connectivity index (χ0) is 13.2. The molecular formula is C13H14O5. The van der Waals surface area contributed by atoms with Crippen molar-refractivity contribution in [2.75, 3.05) is 6.61 Å². The Morgan fingerprint density at radius 1 is 1.44 bits per heavy atom. The van der Waals surface area contributed by atoms with Gasteiger partial charge in [0.15, 0.2) is 18.0 Å². The first-order valence-corrected chi connectivity index (χ1v) is 5.49. The Kier molecular flexibility index (Phi) is 3.47. The van der Waals surface area contributed by atoms with Crippen molar-refractivity contribution in [3.63, 3.8) is 0 Å². The summed E-state index contributed by atoms with van der Waals surface area (Å²) < 4.78 is 10.1. The van der Waals surface area contributed by atoms with Crippen molar-refractivity contribution in [3.05, 3.63) is 48.6 Å². The van der Waals surface area contributed by atoms with E-state index in [-0.39, 0.29) is 6.61 Å². The molecule has 0 spiro atoms. The quantitative estimate of drug-likeness (QED) is 0.602. The molecule has 5 nitrogen and oxygen atoms in total. The maximum Gasteiger partial charge on any atom is 0.339 e. The largest absolute Gasteiger partial charge is 0.446 e. The molecule has 0 aromatic heterocycles. The Morgan fingerprint density at radius 3 is 2.61 bits per heavy atom. The second kappa shape index (κ2) is 4.89. The molecule has 0 bridgehead atoms. The molecule has 18 heavy (non-hydrogen) atoms. The summed E-state index contributed by atoms with van der Waals surface area (Å²) in [4.78, 5) is 11.9. The van der Waals surface area contributed by atoms with E-state index in [0.717, 1.165) is 0 Å². The van der Waals surface area contributed by atoms with E-state index >= 15 is 0 Å². The van der Waals surface area contributed by atoms with Gasteiger partial charge >= 0.3 is 5.97 Å². The highest BCUT2D eigenvalue weighted by Crippen LogP contribution is 2.29. The highest BCUT2D eigenvalue weighted by Gasteiger charge is 2.50. The molecule has 1 aromatic rings. The van der Waals surface area contributed by atoms with Crippen molar-refractivity contribution in [2.24, 2.45) is 0 Å². The van der Waals surface area contributed by atoms with Crippen molar-refractivity contribution in [1.82, 2.24) is 0 Å². The van der Waals surface area contributed by atoms with E-state index in [1.165, 1.54) is 6.08 Å².